The molecular formula is C25H27FN4O4. The van der Waals surface area contributed by atoms with E-state index in [2.05, 4.69) is 10.3 Å². The molecule has 9 heteroatoms. The van der Waals surface area contributed by atoms with Gasteiger partial charge in [0.1, 0.15) is 11.9 Å². The molecule has 8 nitrogen and oxygen atoms in total. The molecule has 2 atom stereocenters. The van der Waals surface area contributed by atoms with E-state index in [9.17, 15) is 19.1 Å². The number of rotatable bonds is 8. The van der Waals surface area contributed by atoms with Crippen molar-refractivity contribution in [1.29, 1.82) is 0 Å². The van der Waals surface area contributed by atoms with Gasteiger partial charge in [-0.3, -0.25) is 14.7 Å². The molecule has 0 saturated heterocycles. The average molecular weight is 467 g/mol. The summed E-state index contributed by atoms with van der Waals surface area (Å²) >= 11 is 0. The monoisotopic (exact) mass is 466 g/mol. The minimum absolute atomic E-state index is 0.0314. The molecule has 178 valence electrons. The standard InChI is InChI=1S/C25H27FN4O4/c1-16(30(11-12-31)25(33)34-17(2)20-13-21(26)15-28-14-20)18-7-9-19(10-8-18)24(32)29-23-6-4-3-5-22(23)27/h3-10,13-17,31H,11-12,27H2,1-2H3,(H,29,32)/t16-,17+/m1/s1. The maximum absolute atomic E-state index is 13.4. The molecule has 0 aliphatic carbocycles. The fraction of sp³-hybridized carbons (Fsp3) is 0.240. The van der Waals surface area contributed by atoms with Crippen molar-refractivity contribution in [2.75, 3.05) is 24.2 Å². The van der Waals surface area contributed by atoms with Crippen molar-refractivity contribution in [1.82, 2.24) is 9.88 Å². The quantitative estimate of drug-likeness (QED) is 0.426. The predicted molar refractivity (Wildman–Crippen MR) is 127 cm³/mol. The molecule has 1 heterocycles. The van der Waals surface area contributed by atoms with Crippen LogP contribution < -0.4 is 11.1 Å². The number of benzene rings is 2. The number of ether oxygens (including phenoxy) is 1. The molecule has 2 aromatic carbocycles. The molecule has 0 aliphatic rings. The topological polar surface area (TPSA) is 118 Å². The van der Waals surface area contributed by atoms with Crippen molar-refractivity contribution in [2.45, 2.75) is 26.0 Å². The van der Waals surface area contributed by atoms with Crippen LogP contribution >= 0.6 is 0 Å². The largest absolute Gasteiger partial charge is 0.441 e. The van der Waals surface area contributed by atoms with E-state index in [1.807, 2.05) is 0 Å². The van der Waals surface area contributed by atoms with Crippen molar-refractivity contribution >= 4 is 23.4 Å². The van der Waals surface area contributed by atoms with Crippen molar-refractivity contribution in [3.8, 4) is 0 Å². The van der Waals surface area contributed by atoms with Crippen molar-refractivity contribution in [2.24, 2.45) is 0 Å². The highest BCUT2D eigenvalue weighted by Gasteiger charge is 2.25. The number of hydrogen-bond acceptors (Lipinski definition) is 6. The Labute approximate surface area is 197 Å². The van der Waals surface area contributed by atoms with E-state index in [1.54, 1.807) is 62.4 Å². The predicted octanol–water partition coefficient (Wildman–Crippen LogP) is 4.31. The second kappa shape index (κ2) is 11.2. The number of hydrogen-bond donors (Lipinski definition) is 3. The Kier molecular flexibility index (Phi) is 8.15. The smallest absolute Gasteiger partial charge is 0.410 e. The van der Waals surface area contributed by atoms with E-state index in [0.29, 0.717) is 22.5 Å². The van der Waals surface area contributed by atoms with E-state index in [1.165, 1.54) is 17.2 Å². The molecule has 0 fully saturated rings. The minimum atomic E-state index is -0.736. The molecule has 4 N–H and O–H groups in total. The zero-order valence-electron chi connectivity index (χ0n) is 18.9. The van der Waals surface area contributed by atoms with Gasteiger partial charge < -0.3 is 20.9 Å². The Morgan fingerprint density at radius 1 is 1.12 bits per heavy atom. The van der Waals surface area contributed by atoms with Gasteiger partial charge in [-0.1, -0.05) is 24.3 Å². The normalized spacial score (nSPS) is 12.5. The third kappa shape index (κ3) is 6.08. The number of nitrogens with one attached hydrogen (secondary N) is 1. The summed E-state index contributed by atoms with van der Waals surface area (Å²) in [5.41, 5.74) is 8.42. The molecule has 34 heavy (non-hydrogen) atoms. The van der Waals surface area contributed by atoms with Crippen molar-refractivity contribution in [3.63, 3.8) is 0 Å². The van der Waals surface area contributed by atoms with Gasteiger partial charge in [0.25, 0.3) is 5.91 Å². The lowest BCUT2D eigenvalue weighted by molar-refractivity contribution is 0.0521. The zero-order chi connectivity index (χ0) is 24.7. The first kappa shape index (κ1) is 24.7. The van der Waals surface area contributed by atoms with E-state index in [4.69, 9.17) is 10.5 Å². The van der Waals surface area contributed by atoms with Crippen molar-refractivity contribution < 1.29 is 23.8 Å². The van der Waals surface area contributed by atoms with Crippen LogP contribution in [0.3, 0.4) is 0 Å². The van der Waals surface area contributed by atoms with E-state index >= 15 is 0 Å². The van der Waals surface area contributed by atoms with E-state index in [-0.39, 0.29) is 19.1 Å². The number of aromatic nitrogens is 1. The summed E-state index contributed by atoms with van der Waals surface area (Å²) in [7, 11) is 0. The molecule has 1 aromatic heterocycles. The van der Waals surface area contributed by atoms with Gasteiger partial charge in [-0.05, 0) is 49.7 Å². The number of carbonyl (C=O) groups is 2. The summed E-state index contributed by atoms with van der Waals surface area (Å²) in [4.78, 5) is 30.5. The van der Waals surface area contributed by atoms with Crippen LogP contribution in [-0.4, -0.2) is 40.1 Å². The molecule has 0 aliphatic heterocycles. The number of pyridine rings is 1. The number of halogens is 1. The van der Waals surface area contributed by atoms with E-state index in [0.717, 1.165) is 11.8 Å². The fourth-order valence-electron chi connectivity index (χ4n) is 3.39. The maximum Gasteiger partial charge on any atom is 0.410 e. The number of nitrogen functional groups attached to an aromatic ring is 1. The van der Waals surface area contributed by atoms with Gasteiger partial charge in [-0.2, -0.15) is 0 Å². The Balaban J connectivity index is 1.69. The highest BCUT2D eigenvalue weighted by molar-refractivity contribution is 6.05. The van der Waals surface area contributed by atoms with Crippen LogP contribution in [-0.2, 0) is 4.74 Å². The number of aliphatic hydroxyl groups is 1. The van der Waals surface area contributed by atoms with Gasteiger partial charge in [0.15, 0.2) is 0 Å². The Hall–Kier alpha value is -3.98. The fourth-order valence-corrected chi connectivity index (χ4v) is 3.39. The number of carbonyl (C=O) groups excluding carboxylic acids is 2. The van der Waals surface area contributed by atoms with Crippen LogP contribution in [0.15, 0.2) is 67.0 Å². The molecule has 0 unspecified atom stereocenters. The first-order valence-electron chi connectivity index (χ1n) is 10.7. The summed E-state index contributed by atoms with van der Waals surface area (Å²) < 4.78 is 18.9. The van der Waals surface area contributed by atoms with Gasteiger partial charge in [-0.25, -0.2) is 9.18 Å². The highest BCUT2D eigenvalue weighted by atomic mass is 19.1. The van der Waals surface area contributed by atoms with Crippen LogP contribution in [0.1, 0.15) is 47.5 Å². The Morgan fingerprint density at radius 3 is 2.47 bits per heavy atom. The second-order valence-electron chi connectivity index (χ2n) is 7.72. The SMILES string of the molecule is C[C@H](OC(=O)N(CCO)[C@H](C)c1ccc(C(=O)Nc2ccccc2N)cc1)c1cncc(F)c1. The van der Waals surface area contributed by atoms with Crippen LogP contribution in [0.25, 0.3) is 0 Å². The summed E-state index contributed by atoms with van der Waals surface area (Å²) in [6.45, 7) is 3.16. The lowest BCUT2D eigenvalue weighted by Crippen LogP contribution is -2.36. The average Bonchev–Trinajstić information content (AvgIpc) is 2.83. The van der Waals surface area contributed by atoms with Gasteiger partial charge >= 0.3 is 6.09 Å². The first-order chi connectivity index (χ1) is 16.3. The number of amides is 2. The lowest BCUT2D eigenvalue weighted by Gasteiger charge is -2.29. The first-order valence-corrected chi connectivity index (χ1v) is 10.7. The van der Waals surface area contributed by atoms with Crippen LogP contribution in [0.5, 0.6) is 0 Å². The summed E-state index contributed by atoms with van der Waals surface area (Å²) in [6.07, 6.45) is 1.09. The molecule has 0 saturated carbocycles. The minimum Gasteiger partial charge on any atom is -0.441 e. The van der Waals surface area contributed by atoms with Gasteiger partial charge in [0.05, 0.1) is 30.2 Å². The lowest BCUT2D eigenvalue weighted by atomic mass is 10.0. The number of nitrogens with zero attached hydrogens (tertiary/aromatic N) is 2. The summed E-state index contributed by atoms with van der Waals surface area (Å²) in [5, 5.41) is 12.2. The number of aliphatic hydroxyl groups excluding tert-OH is 1. The highest BCUT2D eigenvalue weighted by Crippen LogP contribution is 2.25. The van der Waals surface area contributed by atoms with Crippen LogP contribution in [0.2, 0.25) is 0 Å². The summed E-state index contributed by atoms with van der Waals surface area (Å²) in [6, 6.07) is 14.5. The van der Waals surface area contributed by atoms with Crippen LogP contribution in [0, 0.1) is 5.82 Å². The number of nitrogens with two attached hydrogens (primary N) is 1. The summed E-state index contributed by atoms with van der Waals surface area (Å²) in [5.74, 6) is -0.846. The maximum atomic E-state index is 13.4. The second-order valence-corrected chi connectivity index (χ2v) is 7.72. The molecule has 3 aromatic rings. The molecule has 2 amide bonds. The Bertz CT molecular complexity index is 1140. The van der Waals surface area contributed by atoms with Gasteiger partial charge in [0, 0.05) is 23.9 Å². The van der Waals surface area contributed by atoms with E-state index < -0.39 is 24.1 Å². The van der Waals surface area contributed by atoms with Gasteiger partial charge in [0.2, 0.25) is 0 Å². The van der Waals surface area contributed by atoms with Gasteiger partial charge in [-0.15, -0.1) is 0 Å². The molecule has 0 spiro atoms. The number of para-hydroxylation sites is 2. The zero-order valence-corrected chi connectivity index (χ0v) is 18.9. The third-order valence-corrected chi connectivity index (χ3v) is 5.38. The third-order valence-electron chi connectivity index (χ3n) is 5.38. The number of anilines is 2. The molecule has 3 rings (SSSR count). The molecule has 0 bridgehead atoms. The Morgan fingerprint density at radius 2 is 1.82 bits per heavy atom. The van der Waals surface area contributed by atoms with Crippen molar-refractivity contribution in [3.05, 3.63) is 89.5 Å². The molecular weight excluding hydrogens is 439 g/mol. The van der Waals surface area contributed by atoms with Crippen LogP contribution in [0.4, 0.5) is 20.6 Å². The molecule has 0 radical (unpaired) electrons.